The minimum absolute atomic E-state index is 0.0374. The Morgan fingerprint density at radius 1 is 1.12 bits per heavy atom. The maximum absolute atomic E-state index is 12.9. The summed E-state index contributed by atoms with van der Waals surface area (Å²) in [6.45, 7) is 1.99. The van der Waals surface area contributed by atoms with Crippen molar-refractivity contribution in [1.82, 2.24) is 16.0 Å². The second-order valence-corrected chi connectivity index (χ2v) is 11.7. The largest absolute Gasteiger partial charge is 0.467 e. The molecule has 0 radical (unpaired) electrons. The summed E-state index contributed by atoms with van der Waals surface area (Å²) < 4.78 is 23.7. The Hall–Kier alpha value is -1.51. The fraction of sp³-hybridized carbons (Fsp3) is 0.880. The van der Waals surface area contributed by atoms with Crippen LogP contribution in [0.15, 0.2) is 11.8 Å². The molecule has 2 aliphatic carbocycles. The van der Waals surface area contributed by atoms with Crippen LogP contribution in [0.5, 0.6) is 0 Å². The number of likely N-dealkylation sites (N-methyl/N-ethyl adjacent to an activating group) is 1. The highest BCUT2D eigenvalue weighted by Gasteiger charge is 2.59. The van der Waals surface area contributed by atoms with E-state index in [-0.39, 0.29) is 26.1 Å². The smallest absolute Gasteiger partial charge is 0.253 e. The van der Waals surface area contributed by atoms with Gasteiger partial charge in [-0.3, -0.25) is 4.79 Å². The van der Waals surface area contributed by atoms with Crippen molar-refractivity contribution < 1.29 is 49.3 Å². The van der Waals surface area contributed by atoms with Gasteiger partial charge in [0.2, 0.25) is 6.29 Å². The van der Waals surface area contributed by atoms with Gasteiger partial charge in [-0.25, -0.2) is 0 Å². The molecule has 13 atom stereocenters. The zero-order valence-corrected chi connectivity index (χ0v) is 23.4. The molecular weight excluding hydrogens is 544 g/mol. The summed E-state index contributed by atoms with van der Waals surface area (Å²) in [7, 11) is 1.57. The Morgan fingerprint density at radius 2 is 1.80 bits per heavy atom. The summed E-state index contributed by atoms with van der Waals surface area (Å²) in [5.41, 5.74) is 15.3. The molecule has 16 heteroatoms. The van der Waals surface area contributed by atoms with Crippen molar-refractivity contribution in [2.24, 2.45) is 17.2 Å². The highest BCUT2D eigenvalue weighted by Crippen LogP contribution is 2.36. The second-order valence-electron chi connectivity index (χ2n) is 11.7. The number of aliphatic hydroxyl groups excluding tert-OH is 3. The van der Waals surface area contributed by atoms with Gasteiger partial charge in [0, 0.05) is 25.0 Å². The van der Waals surface area contributed by atoms with E-state index in [0.29, 0.717) is 25.3 Å². The minimum Gasteiger partial charge on any atom is -0.467 e. The van der Waals surface area contributed by atoms with Crippen molar-refractivity contribution >= 4 is 5.91 Å². The molecule has 3 fully saturated rings. The SMILES string of the molecule is CN[C@H]1[C@H](O)[C@H](O[C@@H]2[C@@H](O)[C@H](O[C@H]3OC(CNCCO)=CC[C@H]3N)[C@@H](N)C[C@H]2NC(=O)C2(O)CC2N)OC[C@@]1(C)O. The van der Waals surface area contributed by atoms with E-state index < -0.39 is 84.3 Å². The molecule has 2 aliphatic heterocycles. The normalized spacial score (nSPS) is 46.4. The lowest BCUT2D eigenvalue weighted by atomic mass is 9.83. The van der Waals surface area contributed by atoms with Crippen LogP contribution in [0.25, 0.3) is 0 Å². The number of amides is 1. The first-order valence-electron chi connectivity index (χ1n) is 14.0. The van der Waals surface area contributed by atoms with Gasteiger partial charge >= 0.3 is 0 Å². The van der Waals surface area contributed by atoms with E-state index in [1.54, 1.807) is 7.05 Å². The number of nitrogens with two attached hydrogens (primary N) is 3. The Kier molecular flexibility index (Phi) is 10.3. The zero-order valence-electron chi connectivity index (χ0n) is 23.4. The average molecular weight is 591 g/mol. The lowest BCUT2D eigenvalue weighted by Crippen LogP contribution is -2.69. The molecule has 4 aliphatic rings. The van der Waals surface area contributed by atoms with E-state index in [2.05, 4.69) is 16.0 Å². The molecule has 236 valence electrons. The summed E-state index contributed by atoms with van der Waals surface area (Å²) in [5.74, 6) is -0.175. The molecule has 0 aromatic carbocycles. The van der Waals surface area contributed by atoms with Gasteiger partial charge in [0.25, 0.3) is 5.91 Å². The van der Waals surface area contributed by atoms with E-state index in [1.165, 1.54) is 6.92 Å². The molecule has 1 amide bonds. The maximum atomic E-state index is 12.9. The zero-order chi connectivity index (χ0) is 30.1. The fourth-order valence-corrected chi connectivity index (χ4v) is 5.64. The van der Waals surface area contributed by atoms with Crippen molar-refractivity contribution in [3.63, 3.8) is 0 Å². The molecule has 0 bridgehead atoms. The predicted octanol–water partition coefficient (Wildman–Crippen LogP) is -5.61. The lowest BCUT2D eigenvalue weighted by molar-refractivity contribution is -0.304. The molecular formula is C25H46N6O10. The molecule has 0 aromatic heterocycles. The van der Waals surface area contributed by atoms with Crippen LogP contribution in [0.1, 0.15) is 26.2 Å². The number of ether oxygens (including phenoxy) is 4. The van der Waals surface area contributed by atoms with Crippen LogP contribution in [0.2, 0.25) is 0 Å². The number of hydrogen-bond donors (Lipinski definition) is 11. The third kappa shape index (κ3) is 7.01. The molecule has 4 rings (SSSR count). The van der Waals surface area contributed by atoms with Gasteiger partial charge in [0.15, 0.2) is 11.9 Å². The molecule has 14 N–H and O–H groups in total. The van der Waals surface area contributed by atoms with E-state index >= 15 is 0 Å². The molecule has 0 aromatic rings. The molecule has 2 unspecified atom stereocenters. The average Bonchev–Trinajstić information content (AvgIpc) is 3.54. The Morgan fingerprint density at radius 3 is 2.44 bits per heavy atom. The number of hydrogen-bond acceptors (Lipinski definition) is 15. The quantitative estimate of drug-likeness (QED) is 0.100. The first kappa shape index (κ1) is 32.4. The Bertz CT molecular complexity index is 945. The van der Waals surface area contributed by atoms with Gasteiger partial charge in [-0.15, -0.1) is 0 Å². The van der Waals surface area contributed by atoms with Crippen LogP contribution < -0.4 is 33.2 Å². The van der Waals surface area contributed by atoms with Crippen LogP contribution in [0, 0.1) is 0 Å². The molecule has 0 spiro atoms. The van der Waals surface area contributed by atoms with Crippen LogP contribution in [0.4, 0.5) is 0 Å². The lowest BCUT2D eigenvalue weighted by Gasteiger charge is -2.49. The number of nitrogens with one attached hydrogen (secondary N) is 3. The van der Waals surface area contributed by atoms with E-state index in [9.17, 15) is 25.2 Å². The fourth-order valence-electron chi connectivity index (χ4n) is 5.64. The summed E-state index contributed by atoms with van der Waals surface area (Å²) in [6.07, 6.45) is -4.97. The van der Waals surface area contributed by atoms with Gasteiger partial charge in [0.1, 0.15) is 35.8 Å². The van der Waals surface area contributed by atoms with Crippen LogP contribution in [-0.2, 0) is 23.7 Å². The third-order valence-corrected chi connectivity index (χ3v) is 8.26. The monoisotopic (exact) mass is 590 g/mol. The van der Waals surface area contributed by atoms with Crippen molar-refractivity contribution in [3.05, 3.63) is 11.8 Å². The van der Waals surface area contributed by atoms with E-state index in [4.69, 9.17) is 41.3 Å². The Labute approximate surface area is 238 Å². The number of aliphatic hydroxyl groups is 5. The Balaban J connectivity index is 1.51. The highest BCUT2D eigenvalue weighted by molar-refractivity contribution is 5.89. The second kappa shape index (κ2) is 13.0. The van der Waals surface area contributed by atoms with Crippen LogP contribution in [0.3, 0.4) is 0 Å². The molecule has 2 saturated carbocycles. The number of carbonyl (C=O) groups excluding carboxylic acids is 1. The van der Waals surface area contributed by atoms with Crippen molar-refractivity contribution in [2.75, 3.05) is 33.4 Å². The van der Waals surface area contributed by atoms with Crippen molar-refractivity contribution in [3.8, 4) is 0 Å². The van der Waals surface area contributed by atoms with Gasteiger partial charge in [-0.2, -0.15) is 0 Å². The first-order chi connectivity index (χ1) is 19.3. The van der Waals surface area contributed by atoms with Crippen LogP contribution >= 0.6 is 0 Å². The number of rotatable bonds is 11. The summed E-state index contributed by atoms with van der Waals surface area (Å²) in [4.78, 5) is 12.9. The maximum Gasteiger partial charge on any atom is 0.253 e. The topological polar surface area (TPSA) is 269 Å². The molecule has 2 heterocycles. The molecule has 16 nitrogen and oxygen atoms in total. The predicted molar refractivity (Wildman–Crippen MR) is 143 cm³/mol. The number of carbonyl (C=O) groups is 1. The standard InChI is InChI=1S/C25H46N6O10/c1-24(36)10-38-22(17(34)20(24)29-2)41-19-14(31-23(35)25(37)8-15(25)28)7-13(27)18(16(19)33)40-21-12(26)4-3-11(39-21)9-30-5-6-32/h3,12-22,29-30,32-34,36-37H,4-10,26-28H2,1-2H3,(H,31,35)/t12-,13+,14-,15?,16+,17+,18-,19+,20+,21-,22+,24-,25?/m1/s1. The summed E-state index contributed by atoms with van der Waals surface area (Å²) in [6, 6.07) is -3.86. The van der Waals surface area contributed by atoms with Crippen molar-refractivity contribution in [1.29, 1.82) is 0 Å². The highest BCUT2D eigenvalue weighted by atomic mass is 16.7. The third-order valence-electron chi connectivity index (χ3n) is 8.26. The minimum atomic E-state index is -1.74. The molecule has 41 heavy (non-hydrogen) atoms. The van der Waals surface area contributed by atoms with E-state index in [1.807, 2.05) is 6.08 Å². The van der Waals surface area contributed by atoms with Crippen LogP contribution in [-0.4, -0.2) is 143 Å². The van der Waals surface area contributed by atoms with Gasteiger partial charge in [-0.05, 0) is 32.9 Å². The van der Waals surface area contributed by atoms with Gasteiger partial charge in [-0.1, -0.05) is 0 Å². The van der Waals surface area contributed by atoms with Gasteiger partial charge < -0.3 is 77.6 Å². The molecule has 1 saturated heterocycles. The first-order valence-corrected chi connectivity index (χ1v) is 14.0. The van der Waals surface area contributed by atoms with Gasteiger partial charge in [0.05, 0.1) is 37.9 Å². The van der Waals surface area contributed by atoms with Crippen molar-refractivity contribution in [2.45, 2.75) is 105 Å². The summed E-state index contributed by atoms with van der Waals surface area (Å²) >= 11 is 0. The summed E-state index contributed by atoms with van der Waals surface area (Å²) in [5, 5.41) is 61.1. The van der Waals surface area contributed by atoms with E-state index in [0.717, 1.165) is 0 Å².